The SMILES string of the molecule is FC(F)c1cccc(CNc2cc3c(cc2Cl)OCO3)c1. The lowest BCUT2D eigenvalue weighted by atomic mass is 10.1. The van der Waals surface area contributed by atoms with Crippen LogP contribution >= 0.6 is 11.6 Å². The molecule has 1 aliphatic heterocycles. The minimum atomic E-state index is -2.47. The van der Waals surface area contributed by atoms with Gasteiger partial charge in [-0.25, -0.2) is 8.78 Å². The van der Waals surface area contributed by atoms with Gasteiger partial charge in [0.25, 0.3) is 6.43 Å². The zero-order valence-electron chi connectivity index (χ0n) is 10.9. The highest BCUT2D eigenvalue weighted by atomic mass is 35.5. The van der Waals surface area contributed by atoms with Crippen LogP contribution in [0.2, 0.25) is 5.02 Å². The van der Waals surface area contributed by atoms with Gasteiger partial charge in [-0.05, 0) is 11.6 Å². The smallest absolute Gasteiger partial charge is 0.263 e. The molecule has 0 aromatic heterocycles. The Morgan fingerprint density at radius 1 is 1.14 bits per heavy atom. The van der Waals surface area contributed by atoms with Gasteiger partial charge in [-0.15, -0.1) is 0 Å². The second kappa shape index (κ2) is 5.77. The average Bonchev–Trinajstić information content (AvgIpc) is 2.92. The highest BCUT2D eigenvalue weighted by Crippen LogP contribution is 2.39. The Kier molecular flexibility index (Phi) is 3.84. The van der Waals surface area contributed by atoms with E-state index in [0.29, 0.717) is 28.8 Å². The molecule has 0 bridgehead atoms. The van der Waals surface area contributed by atoms with Crippen molar-refractivity contribution in [1.29, 1.82) is 0 Å². The van der Waals surface area contributed by atoms with Crippen molar-refractivity contribution in [2.75, 3.05) is 12.1 Å². The van der Waals surface area contributed by atoms with E-state index in [1.165, 1.54) is 12.1 Å². The van der Waals surface area contributed by atoms with E-state index in [4.69, 9.17) is 21.1 Å². The summed E-state index contributed by atoms with van der Waals surface area (Å²) in [6, 6.07) is 9.67. The first-order chi connectivity index (χ1) is 10.1. The predicted octanol–water partition coefficient (Wildman–Crippen LogP) is 4.62. The summed E-state index contributed by atoms with van der Waals surface area (Å²) in [5.74, 6) is 1.22. The zero-order chi connectivity index (χ0) is 14.8. The number of rotatable bonds is 4. The molecule has 3 nitrogen and oxygen atoms in total. The normalized spacial score (nSPS) is 12.8. The Morgan fingerprint density at radius 3 is 2.67 bits per heavy atom. The van der Waals surface area contributed by atoms with Gasteiger partial charge >= 0.3 is 0 Å². The van der Waals surface area contributed by atoms with Crippen molar-refractivity contribution in [1.82, 2.24) is 0 Å². The van der Waals surface area contributed by atoms with Crippen molar-refractivity contribution in [3.05, 3.63) is 52.5 Å². The van der Waals surface area contributed by atoms with Crippen LogP contribution in [-0.2, 0) is 6.54 Å². The summed E-state index contributed by atoms with van der Waals surface area (Å²) in [5, 5.41) is 3.60. The van der Waals surface area contributed by atoms with Crippen LogP contribution in [0.25, 0.3) is 0 Å². The second-order valence-electron chi connectivity index (χ2n) is 4.58. The summed E-state index contributed by atoms with van der Waals surface area (Å²) in [6.45, 7) is 0.561. The summed E-state index contributed by atoms with van der Waals surface area (Å²) in [7, 11) is 0. The van der Waals surface area contributed by atoms with Crippen LogP contribution in [0.4, 0.5) is 14.5 Å². The lowest BCUT2D eigenvalue weighted by Crippen LogP contribution is -2.01. The number of alkyl halides is 2. The first kappa shape index (κ1) is 13.9. The van der Waals surface area contributed by atoms with Crippen LogP contribution in [-0.4, -0.2) is 6.79 Å². The van der Waals surface area contributed by atoms with Crippen molar-refractivity contribution >= 4 is 17.3 Å². The van der Waals surface area contributed by atoms with Gasteiger partial charge in [-0.2, -0.15) is 0 Å². The molecule has 0 radical (unpaired) electrons. The van der Waals surface area contributed by atoms with Crippen LogP contribution < -0.4 is 14.8 Å². The highest BCUT2D eigenvalue weighted by molar-refractivity contribution is 6.33. The van der Waals surface area contributed by atoms with Crippen LogP contribution in [0.15, 0.2) is 36.4 Å². The summed E-state index contributed by atoms with van der Waals surface area (Å²) < 4.78 is 35.8. The number of hydrogen-bond donors (Lipinski definition) is 1. The van der Waals surface area contributed by atoms with Gasteiger partial charge in [0.1, 0.15) is 0 Å². The number of benzene rings is 2. The topological polar surface area (TPSA) is 30.5 Å². The number of anilines is 1. The fourth-order valence-corrected chi connectivity index (χ4v) is 2.31. The van der Waals surface area contributed by atoms with E-state index >= 15 is 0 Å². The first-order valence-corrected chi connectivity index (χ1v) is 6.71. The third kappa shape index (κ3) is 3.03. The van der Waals surface area contributed by atoms with Crippen LogP contribution in [0.3, 0.4) is 0 Å². The number of hydrogen-bond acceptors (Lipinski definition) is 3. The number of halogens is 3. The maximum Gasteiger partial charge on any atom is 0.263 e. The fraction of sp³-hybridized carbons (Fsp3) is 0.200. The molecular formula is C15H12ClF2NO2. The molecule has 0 amide bonds. The van der Waals surface area contributed by atoms with Gasteiger partial charge < -0.3 is 14.8 Å². The Balaban J connectivity index is 1.74. The molecule has 6 heteroatoms. The maximum atomic E-state index is 12.7. The van der Waals surface area contributed by atoms with Crippen molar-refractivity contribution in [3.8, 4) is 11.5 Å². The monoisotopic (exact) mass is 311 g/mol. The van der Waals surface area contributed by atoms with Crippen molar-refractivity contribution in [2.45, 2.75) is 13.0 Å². The van der Waals surface area contributed by atoms with Gasteiger partial charge in [-0.3, -0.25) is 0 Å². The molecule has 2 aromatic rings. The number of nitrogens with one attached hydrogen (secondary N) is 1. The Hall–Kier alpha value is -2.01. The first-order valence-electron chi connectivity index (χ1n) is 6.33. The minimum Gasteiger partial charge on any atom is -0.454 e. The molecule has 2 aromatic carbocycles. The summed E-state index contributed by atoms with van der Waals surface area (Å²) in [4.78, 5) is 0. The molecule has 0 atom stereocenters. The minimum absolute atomic E-state index is 0.00563. The van der Waals surface area contributed by atoms with E-state index in [1.807, 2.05) is 0 Å². The molecule has 3 rings (SSSR count). The van der Waals surface area contributed by atoms with E-state index in [0.717, 1.165) is 5.56 Å². The van der Waals surface area contributed by atoms with E-state index in [2.05, 4.69) is 5.32 Å². The van der Waals surface area contributed by atoms with Crippen LogP contribution in [0.1, 0.15) is 17.6 Å². The molecule has 0 fully saturated rings. The third-order valence-corrected chi connectivity index (χ3v) is 3.46. The second-order valence-corrected chi connectivity index (χ2v) is 4.99. The molecule has 0 saturated carbocycles. The van der Waals surface area contributed by atoms with E-state index in [9.17, 15) is 8.78 Å². The molecule has 110 valence electrons. The van der Waals surface area contributed by atoms with E-state index in [-0.39, 0.29) is 12.4 Å². The quantitative estimate of drug-likeness (QED) is 0.894. The third-order valence-electron chi connectivity index (χ3n) is 3.15. The largest absolute Gasteiger partial charge is 0.454 e. The van der Waals surface area contributed by atoms with Gasteiger partial charge in [0.05, 0.1) is 10.7 Å². The lowest BCUT2D eigenvalue weighted by molar-refractivity contribution is 0.151. The Bertz CT molecular complexity index is 664. The summed E-state index contributed by atoms with van der Waals surface area (Å²) >= 11 is 6.14. The standard InChI is InChI=1S/C15H12ClF2NO2/c16-11-5-13-14(21-8-20-13)6-12(11)19-7-9-2-1-3-10(4-9)15(17)18/h1-6,15,19H,7-8H2. The van der Waals surface area contributed by atoms with E-state index in [1.54, 1.807) is 24.3 Å². The van der Waals surface area contributed by atoms with Gasteiger partial charge in [-0.1, -0.05) is 29.8 Å². The highest BCUT2D eigenvalue weighted by Gasteiger charge is 2.16. The van der Waals surface area contributed by atoms with Gasteiger partial charge in [0.15, 0.2) is 11.5 Å². The van der Waals surface area contributed by atoms with Gasteiger partial charge in [0.2, 0.25) is 6.79 Å². The molecule has 0 saturated heterocycles. The fourth-order valence-electron chi connectivity index (χ4n) is 2.09. The average molecular weight is 312 g/mol. The number of ether oxygens (including phenoxy) is 2. The molecule has 0 unspecified atom stereocenters. The van der Waals surface area contributed by atoms with E-state index < -0.39 is 6.43 Å². The van der Waals surface area contributed by atoms with Crippen LogP contribution in [0.5, 0.6) is 11.5 Å². The Labute approximate surface area is 125 Å². The molecule has 1 heterocycles. The van der Waals surface area contributed by atoms with Crippen molar-refractivity contribution < 1.29 is 18.3 Å². The van der Waals surface area contributed by atoms with Crippen molar-refractivity contribution in [3.63, 3.8) is 0 Å². The molecule has 0 spiro atoms. The molecular weight excluding hydrogens is 300 g/mol. The number of fused-ring (bicyclic) bond motifs is 1. The lowest BCUT2D eigenvalue weighted by Gasteiger charge is -2.10. The maximum absolute atomic E-state index is 12.7. The zero-order valence-corrected chi connectivity index (χ0v) is 11.7. The summed E-state index contributed by atoms with van der Waals surface area (Å²) in [5.41, 5.74) is 1.43. The van der Waals surface area contributed by atoms with Crippen molar-refractivity contribution in [2.24, 2.45) is 0 Å². The van der Waals surface area contributed by atoms with Gasteiger partial charge in [0, 0.05) is 24.2 Å². The molecule has 1 aliphatic rings. The molecule has 0 aliphatic carbocycles. The molecule has 21 heavy (non-hydrogen) atoms. The predicted molar refractivity (Wildman–Crippen MR) is 76.3 cm³/mol. The Morgan fingerprint density at radius 2 is 1.90 bits per heavy atom. The van der Waals surface area contributed by atoms with Crippen LogP contribution in [0, 0.1) is 0 Å². The summed E-state index contributed by atoms with van der Waals surface area (Å²) in [6.07, 6.45) is -2.47. The molecule has 1 N–H and O–H groups in total.